The van der Waals surface area contributed by atoms with E-state index in [4.69, 9.17) is 16.6 Å². The number of fused-ring (bicyclic) bond motifs is 3. The highest BCUT2D eigenvalue weighted by Crippen LogP contribution is 2.46. The molecule has 136 valence electrons. The molecule has 5 rings (SSSR count). The molecule has 0 saturated carbocycles. The number of phenolic OH excluding ortho intramolecular Hbond substituents is 2. The Balaban J connectivity index is 1.80. The number of pyridine rings is 1. The Kier molecular flexibility index (Phi) is 3.85. The SMILES string of the molecule is Oc1ccc(-c2cc(-c3cccc(Cl)c3)c3c(n2)-c2c(O)cccc2C3)cc1. The molecule has 0 spiro atoms. The van der Waals surface area contributed by atoms with Crippen LogP contribution in [0.25, 0.3) is 33.6 Å². The minimum Gasteiger partial charge on any atom is -0.508 e. The Morgan fingerprint density at radius 3 is 2.39 bits per heavy atom. The topological polar surface area (TPSA) is 53.4 Å². The first-order valence-electron chi connectivity index (χ1n) is 9.00. The van der Waals surface area contributed by atoms with E-state index in [0.29, 0.717) is 11.4 Å². The van der Waals surface area contributed by atoms with Gasteiger partial charge < -0.3 is 10.2 Å². The second kappa shape index (κ2) is 6.39. The Morgan fingerprint density at radius 1 is 0.821 bits per heavy atom. The smallest absolute Gasteiger partial charge is 0.125 e. The number of aromatic nitrogens is 1. The fourth-order valence-corrected chi connectivity index (χ4v) is 4.04. The molecule has 3 aromatic carbocycles. The molecule has 4 heteroatoms. The zero-order valence-electron chi connectivity index (χ0n) is 14.9. The molecule has 1 aliphatic carbocycles. The van der Waals surface area contributed by atoms with Gasteiger partial charge in [-0.1, -0.05) is 35.9 Å². The van der Waals surface area contributed by atoms with E-state index >= 15 is 0 Å². The van der Waals surface area contributed by atoms with Gasteiger partial charge in [-0.15, -0.1) is 0 Å². The van der Waals surface area contributed by atoms with E-state index in [2.05, 4.69) is 6.07 Å². The van der Waals surface area contributed by atoms with Crippen molar-refractivity contribution in [3.63, 3.8) is 0 Å². The van der Waals surface area contributed by atoms with Crippen LogP contribution < -0.4 is 0 Å². The fraction of sp³-hybridized carbons (Fsp3) is 0.0417. The lowest BCUT2D eigenvalue weighted by molar-refractivity contribution is 0.475. The summed E-state index contributed by atoms with van der Waals surface area (Å²) in [6.07, 6.45) is 0.712. The van der Waals surface area contributed by atoms with E-state index in [0.717, 1.165) is 44.8 Å². The standard InChI is InChI=1S/C24H16ClNO2/c25-17-5-1-3-15(11-17)19-13-21(14-7-9-18(27)10-8-14)26-24-20(19)12-16-4-2-6-22(28)23(16)24/h1-11,13,27-28H,12H2. The minimum atomic E-state index is 0.211. The first kappa shape index (κ1) is 16.8. The fourth-order valence-electron chi connectivity index (χ4n) is 3.85. The van der Waals surface area contributed by atoms with Crippen LogP contribution in [-0.2, 0) is 6.42 Å². The molecule has 1 heterocycles. The van der Waals surface area contributed by atoms with E-state index < -0.39 is 0 Å². The number of rotatable bonds is 2. The number of nitrogens with zero attached hydrogens (tertiary/aromatic N) is 1. The summed E-state index contributed by atoms with van der Waals surface area (Å²) < 4.78 is 0. The monoisotopic (exact) mass is 385 g/mol. The van der Waals surface area contributed by atoms with Gasteiger partial charge >= 0.3 is 0 Å². The van der Waals surface area contributed by atoms with Crippen LogP contribution in [0.3, 0.4) is 0 Å². The van der Waals surface area contributed by atoms with Gasteiger partial charge in [-0.25, -0.2) is 4.98 Å². The highest BCUT2D eigenvalue weighted by Gasteiger charge is 2.27. The van der Waals surface area contributed by atoms with E-state index in [9.17, 15) is 10.2 Å². The van der Waals surface area contributed by atoms with Gasteiger partial charge in [-0.05, 0) is 70.8 Å². The number of hydrogen-bond acceptors (Lipinski definition) is 3. The van der Waals surface area contributed by atoms with Gasteiger partial charge in [0.05, 0.1) is 11.4 Å². The van der Waals surface area contributed by atoms with Crippen LogP contribution in [0.1, 0.15) is 11.1 Å². The second-order valence-corrected chi connectivity index (χ2v) is 7.36. The number of halogens is 1. The van der Waals surface area contributed by atoms with Gasteiger partial charge in [0.15, 0.2) is 0 Å². The van der Waals surface area contributed by atoms with Crippen LogP contribution in [0, 0.1) is 0 Å². The van der Waals surface area contributed by atoms with Crippen LogP contribution in [0.5, 0.6) is 11.5 Å². The van der Waals surface area contributed by atoms with Crippen molar-refractivity contribution in [2.45, 2.75) is 6.42 Å². The molecule has 0 bridgehead atoms. The molecule has 0 fully saturated rings. The van der Waals surface area contributed by atoms with Gasteiger partial charge in [-0.3, -0.25) is 0 Å². The lowest BCUT2D eigenvalue weighted by Crippen LogP contribution is -1.94. The number of benzene rings is 3. The van der Waals surface area contributed by atoms with E-state index in [-0.39, 0.29) is 11.5 Å². The predicted molar refractivity (Wildman–Crippen MR) is 112 cm³/mol. The first-order valence-corrected chi connectivity index (χ1v) is 9.38. The summed E-state index contributed by atoms with van der Waals surface area (Å²) in [5.74, 6) is 0.451. The molecule has 1 aliphatic rings. The van der Waals surface area contributed by atoms with Crippen LogP contribution in [-0.4, -0.2) is 15.2 Å². The maximum Gasteiger partial charge on any atom is 0.125 e. The lowest BCUT2D eigenvalue weighted by Gasteiger charge is -2.13. The molecular formula is C24H16ClNO2. The van der Waals surface area contributed by atoms with Crippen molar-refractivity contribution in [1.29, 1.82) is 0 Å². The van der Waals surface area contributed by atoms with Crippen LogP contribution in [0.15, 0.2) is 72.8 Å². The average molecular weight is 386 g/mol. The van der Waals surface area contributed by atoms with Gasteiger partial charge in [-0.2, -0.15) is 0 Å². The summed E-state index contributed by atoms with van der Waals surface area (Å²) in [6.45, 7) is 0. The molecule has 28 heavy (non-hydrogen) atoms. The van der Waals surface area contributed by atoms with Crippen molar-refractivity contribution in [3.8, 4) is 45.1 Å². The third kappa shape index (κ3) is 2.72. The van der Waals surface area contributed by atoms with Gasteiger partial charge in [0.1, 0.15) is 11.5 Å². The summed E-state index contributed by atoms with van der Waals surface area (Å²) in [5.41, 5.74) is 7.48. The molecule has 2 N–H and O–H groups in total. The van der Waals surface area contributed by atoms with Gasteiger partial charge in [0.2, 0.25) is 0 Å². The summed E-state index contributed by atoms with van der Waals surface area (Å²) in [5, 5.41) is 20.8. The van der Waals surface area contributed by atoms with E-state index in [1.165, 1.54) is 0 Å². The zero-order chi connectivity index (χ0) is 19.3. The van der Waals surface area contributed by atoms with Gasteiger partial charge in [0, 0.05) is 22.6 Å². The molecule has 0 unspecified atom stereocenters. The van der Waals surface area contributed by atoms with Crippen molar-refractivity contribution >= 4 is 11.6 Å². The highest BCUT2D eigenvalue weighted by atomic mass is 35.5. The van der Waals surface area contributed by atoms with Crippen LogP contribution >= 0.6 is 11.6 Å². The largest absolute Gasteiger partial charge is 0.508 e. The second-order valence-electron chi connectivity index (χ2n) is 6.93. The third-order valence-corrected chi connectivity index (χ3v) is 5.39. The zero-order valence-corrected chi connectivity index (χ0v) is 15.6. The van der Waals surface area contributed by atoms with Crippen molar-refractivity contribution in [2.24, 2.45) is 0 Å². The molecule has 3 nitrogen and oxygen atoms in total. The molecule has 0 atom stereocenters. The minimum absolute atomic E-state index is 0.211. The Morgan fingerprint density at radius 2 is 1.61 bits per heavy atom. The summed E-state index contributed by atoms with van der Waals surface area (Å²) in [6, 6.07) is 22.4. The first-order chi connectivity index (χ1) is 13.6. The lowest BCUT2D eigenvalue weighted by atomic mass is 9.96. The maximum atomic E-state index is 10.5. The molecule has 1 aromatic heterocycles. The van der Waals surface area contributed by atoms with Crippen molar-refractivity contribution in [3.05, 3.63) is 88.9 Å². The van der Waals surface area contributed by atoms with Crippen molar-refractivity contribution in [1.82, 2.24) is 4.98 Å². The average Bonchev–Trinajstić information content (AvgIpc) is 3.07. The molecule has 0 saturated heterocycles. The van der Waals surface area contributed by atoms with E-state index in [1.807, 2.05) is 48.5 Å². The number of phenols is 2. The predicted octanol–water partition coefficient (Wildman–Crippen LogP) is 6.05. The van der Waals surface area contributed by atoms with Crippen molar-refractivity contribution in [2.75, 3.05) is 0 Å². The van der Waals surface area contributed by atoms with Gasteiger partial charge in [0.25, 0.3) is 0 Å². The molecule has 0 amide bonds. The molecule has 4 aromatic rings. The normalized spacial score (nSPS) is 11.9. The highest BCUT2D eigenvalue weighted by molar-refractivity contribution is 6.30. The number of hydrogen-bond donors (Lipinski definition) is 2. The molecule has 0 aliphatic heterocycles. The third-order valence-electron chi connectivity index (χ3n) is 5.16. The quantitative estimate of drug-likeness (QED) is 0.389. The Hall–Kier alpha value is -3.30. The molecular weight excluding hydrogens is 370 g/mol. The summed E-state index contributed by atoms with van der Waals surface area (Å²) in [7, 11) is 0. The number of aromatic hydroxyl groups is 2. The maximum absolute atomic E-state index is 10.5. The Bertz CT molecular complexity index is 1220. The van der Waals surface area contributed by atoms with Crippen molar-refractivity contribution < 1.29 is 10.2 Å². The summed E-state index contributed by atoms with van der Waals surface area (Å²) >= 11 is 6.25. The summed E-state index contributed by atoms with van der Waals surface area (Å²) in [4.78, 5) is 4.89. The van der Waals surface area contributed by atoms with E-state index in [1.54, 1.807) is 18.2 Å². The Labute approximate surface area is 167 Å². The molecule has 0 radical (unpaired) electrons. The van der Waals surface area contributed by atoms with Crippen LogP contribution in [0.4, 0.5) is 0 Å². The van der Waals surface area contributed by atoms with Crippen LogP contribution in [0.2, 0.25) is 5.02 Å².